The van der Waals surface area contributed by atoms with Crippen LogP contribution in [0.5, 0.6) is 0 Å². The predicted molar refractivity (Wildman–Crippen MR) is 506 cm³/mol. The van der Waals surface area contributed by atoms with Crippen LogP contribution >= 0.6 is 0 Å². The van der Waals surface area contributed by atoms with E-state index in [9.17, 15) is 0 Å². The van der Waals surface area contributed by atoms with E-state index in [1.165, 1.54) is 0 Å². The molecule has 20 aromatic carbocycles. The fraction of sp³-hybridized carbons (Fsp3) is 0.0261. The van der Waals surface area contributed by atoms with Crippen LogP contribution in [-0.2, 0) is 0 Å². The zero-order chi connectivity index (χ0) is 92.8. The Hall–Kier alpha value is -15.4. The smallest absolute Gasteiger partial charge is 0.0645 e. The second-order valence-electron chi connectivity index (χ2n) is 31.0. The van der Waals surface area contributed by atoms with E-state index in [1.807, 2.05) is 60.7 Å². The van der Waals surface area contributed by atoms with Crippen LogP contribution in [0, 0.1) is 20.8 Å². The molecule has 0 bridgehead atoms. The summed E-state index contributed by atoms with van der Waals surface area (Å²) in [4.78, 5) is 4.74. The van der Waals surface area contributed by atoms with Crippen molar-refractivity contribution in [2.45, 2.75) is 20.8 Å². The Bertz CT molecular complexity index is 8680. The third-order valence-electron chi connectivity index (χ3n) is 24.0. The van der Waals surface area contributed by atoms with Crippen molar-refractivity contribution in [3.63, 3.8) is 0 Å². The minimum absolute atomic E-state index is 0.0620. The molecular formula is C115H78N4. The van der Waals surface area contributed by atoms with E-state index in [4.69, 9.17) is 21.9 Å². The van der Waals surface area contributed by atoms with Gasteiger partial charge in [-0.2, -0.15) is 0 Å². The zero-order valence-electron chi connectivity index (χ0n) is 80.9. The molecule has 2 heterocycles. The second-order valence-corrected chi connectivity index (χ2v) is 31.0. The maximum Gasteiger partial charge on any atom is 0.0645 e. The maximum atomic E-state index is 9.00. The molecule has 0 aliphatic heterocycles. The Labute approximate surface area is 714 Å². The lowest BCUT2D eigenvalue weighted by molar-refractivity contribution is 1.19. The molecule has 4 heteroatoms. The number of aromatic nitrogens is 2. The molecule has 0 saturated carbocycles. The number of anilines is 6. The molecule has 0 radical (unpaired) electrons. The highest BCUT2D eigenvalue weighted by Gasteiger charge is 2.29. The van der Waals surface area contributed by atoms with Crippen molar-refractivity contribution in [1.29, 1.82) is 0 Å². The van der Waals surface area contributed by atoms with E-state index in [1.54, 1.807) is 9.13 Å². The monoisotopic (exact) mass is 1530 g/mol. The van der Waals surface area contributed by atoms with Gasteiger partial charge in [0.05, 0.1) is 44.0 Å². The van der Waals surface area contributed by atoms with E-state index in [0.29, 0.717) is 11.4 Å². The highest BCUT2D eigenvalue weighted by molar-refractivity contribution is 6.16. The summed E-state index contributed by atoms with van der Waals surface area (Å²) in [5.41, 5.74) is 29.3. The molecule has 24 rings (SSSR count). The number of para-hydroxylation sites is 4. The van der Waals surface area contributed by atoms with Crippen LogP contribution in [-0.4, -0.2) is 9.13 Å². The molecule has 2 aliphatic rings. The number of fused-ring (bicyclic) bond motifs is 18. The third-order valence-corrected chi connectivity index (χ3v) is 24.0. The van der Waals surface area contributed by atoms with E-state index in [2.05, 4.69) is 291 Å². The molecule has 4 nitrogen and oxygen atoms in total. The van der Waals surface area contributed by atoms with Gasteiger partial charge in [-0.15, -0.1) is 0 Å². The summed E-state index contributed by atoms with van der Waals surface area (Å²) < 4.78 is 142. The second kappa shape index (κ2) is 28.0. The van der Waals surface area contributed by atoms with Gasteiger partial charge in [0.1, 0.15) is 0 Å². The number of nitrogens with zero attached hydrogens (tertiary/aromatic N) is 4. The molecule has 0 atom stereocenters. The predicted octanol–water partition coefficient (Wildman–Crippen LogP) is 32.0. The standard InChI is InChI=1S/C58H40N2.C57H38N2/c1-37-21-23-43(39-13-5-3-6-14-39)35-57(37)60(58-36-44(24-22-38(58)2)40-15-7-4-8-16-40)48-28-26-42-32-52-51-31-41-25-27-47(29-45(41)33-53(51)54(52)34-46(42)30-48)59-55-19-11-9-17-49(55)50-18-10-12-20-56(50)59;1-37-23-24-43(39-15-6-3-7-16-39)36-57(37)58(46-18-12-17-40(29-46)38-13-4-2-5-14-38)47-27-25-41-32-51-52-33-42-26-28-48(31-45(42)35-54(52)53(51)34-44(41)30-47)59-55-21-10-8-19-49(55)50-20-9-11-22-56(50)59/h3-36H,1-2H3;2-36H,1H3/i9D,10D,11D,12D,17D,18D,19D,20D;8D,9D,10D,11D,19D,20D,21D,22D. The van der Waals surface area contributed by atoms with E-state index in [-0.39, 0.29) is 92.0 Å². The van der Waals surface area contributed by atoms with Crippen LogP contribution < -0.4 is 9.80 Å². The van der Waals surface area contributed by atoms with Crippen molar-refractivity contribution in [3.05, 3.63) is 435 Å². The number of rotatable bonds is 12. The fourth-order valence-electron chi connectivity index (χ4n) is 18.0. The third kappa shape index (κ3) is 11.7. The highest BCUT2D eigenvalue weighted by atomic mass is 15.2. The molecule has 0 spiro atoms. The first kappa shape index (κ1) is 54.4. The van der Waals surface area contributed by atoms with Gasteiger partial charge in [0.2, 0.25) is 0 Å². The summed E-state index contributed by atoms with van der Waals surface area (Å²) in [6.45, 7) is 6.50. The highest BCUT2D eigenvalue weighted by Crippen LogP contribution is 2.54. The minimum Gasteiger partial charge on any atom is -0.310 e. The average molecular weight is 1530 g/mol. The summed E-state index contributed by atoms with van der Waals surface area (Å²) in [5, 5.41) is 8.37. The molecule has 0 unspecified atom stereocenters. The van der Waals surface area contributed by atoms with Crippen LogP contribution in [0.25, 0.3) is 187 Å². The van der Waals surface area contributed by atoms with Gasteiger partial charge in [-0.3, -0.25) is 0 Å². The Kier molecular flexibility index (Phi) is 12.8. The molecule has 119 heavy (non-hydrogen) atoms. The van der Waals surface area contributed by atoms with Crippen molar-refractivity contribution in [2.75, 3.05) is 9.80 Å². The number of hydrogen-bond donors (Lipinski definition) is 0. The number of aryl methyl sites for hydroxylation is 3. The van der Waals surface area contributed by atoms with Gasteiger partial charge in [-0.1, -0.05) is 267 Å². The van der Waals surface area contributed by atoms with Gasteiger partial charge in [-0.05, 0) is 321 Å². The number of benzene rings is 20. The first-order valence-corrected chi connectivity index (χ1v) is 39.9. The van der Waals surface area contributed by atoms with E-state index >= 15 is 0 Å². The fourth-order valence-corrected chi connectivity index (χ4v) is 18.0. The van der Waals surface area contributed by atoms with Gasteiger partial charge in [0, 0.05) is 67.0 Å². The Morgan fingerprint density at radius 2 is 0.471 bits per heavy atom. The molecule has 22 aromatic rings. The molecule has 2 aliphatic carbocycles. The lowest BCUT2D eigenvalue weighted by atomic mass is 9.78. The Morgan fingerprint density at radius 3 is 0.815 bits per heavy atom. The van der Waals surface area contributed by atoms with Crippen LogP contribution in [0.1, 0.15) is 38.6 Å². The quantitative estimate of drug-likeness (QED) is 0.121. The van der Waals surface area contributed by atoms with E-state index in [0.717, 1.165) is 183 Å². The van der Waals surface area contributed by atoms with Gasteiger partial charge in [0.15, 0.2) is 0 Å². The van der Waals surface area contributed by atoms with Crippen molar-refractivity contribution < 1.29 is 21.9 Å². The average Bonchev–Trinajstić information content (AvgIpc) is 1.54. The van der Waals surface area contributed by atoms with Crippen LogP contribution in [0.2, 0.25) is 0 Å². The normalized spacial score (nSPS) is 13.7. The maximum absolute atomic E-state index is 9.00. The van der Waals surface area contributed by atoms with Gasteiger partial charge < -0.3 is 18.9 Å². The van der Waals surface area contributed by atoms with Crippen molar-refractivity contribution in [3.8, 4) is 100 Å². The Morgan fingerprint density at radius 1 is 0.202 bits per heavy atom. The summed E-state index contributed by atoms with van der Waals surface area (Å²) in [7, 11) is 0. The molecule has 0 fully saturated rings. The van der Waals surface area contributed by atoms with Gasteiger partial charge in [0.25, 0.3) is 0 Å². The largest absolute Gasteiger partial charge is 0.310 e. The van der Waals surface area contributed by atoms with Gasteiger partial charge >= 0.3 is 0 Å². The molecule has 0 amide bonds. The van der Waals surface area contributed by atoms with Gasteiger partial charge in [-0.25, -0.2) is 0 Å². The van der Waals surface area contributed by atoms with Crippen LogP contribution in [0.3, 0.4) is 0 Å². The summed E-state index contributed by atoms with van der Waals surface area (Å²) in [5.74, 6) is 0. The first-order valence-electron chi connectivity index (χ1n) is 47.9. The molecule has 2 aromatic heterocycles. The van der Waals surface area contributed by atoms with E-state index < -0.39 is 48.3 Å². The Balaban J connectivity index is 0.000000152. The molecule has 0 saturated heterocycles. The summed E-state index contributed by atoms with van der Waals surface area (Å²) in [6.07, 6.45) is 0. The van der Waals surface area contributed by atoms with Crippen LogP contribution in [0.15, 0.2) is 418 Å². The van der Waals surface area contributed by atoms with Crippen molar-refractivity contribution in [1.82, 2.24) is 9.13 Å². The lowest BCUT2D eigenvalue weighted by Gasteiger charge is -2.30. The number of hydrogen-bond acceptors (Lipinski definition) is 2. The SMILES string of the molecule is [2H]c1c([2H])c([2H])c2c(c1[2H])c1c([2H])c([2H])c([2H])c([2H])c1n2-c1ccc2cc3c(cc2c1)-c1cc2cc(N(c4cc(-c5ccccc5)ccc4C)c4cc(-c5ccccc5)ccc4C)ccc2cc1-3.[2H]c1c([2H])c([2H])c2c(c1[2H])c1c([2H])c([2H])c([2H])c([2H])c1n2-c1ccc2cc3c(cc2c1)-c1cc2cc(N(c4cccc(-c5ccccc5)c4)c4cc(-c5ccccc5)ccc4C)ccc2cc1-3. The summed E-state index contributed by atoms with van der Waals surface area (Å²) >= 11 is 0. The zero-order valence-corrected chi connectivity index (χ0v) is 64.9. The topological polar surface area (TPSA) is 16.3 Å². The molecular weight excluding hydrogens is 1440 g/mol. The summed E-state index contributed by atoms with van der Waals surface area (Å²) in [6, 6.07) is 107. The molecule has 558 valence electrons. The first-order chi connectivity index (χ1) is 65.3. The van der Waals surface area contributed by atoms with Crippen LogP contribution in [0.4, 0.5) is 34.1 Å². The van der Waals surface area contributed by atoms with Crippen molar-refractivity contribution in [2.24, 2.45) is 0 Å². The van der Waals surface area contributed by atoms with Crippen molar-refractivity contribution >= 4 is 121 Å². The minimum atomic E-state index is -0.461. The molecule has 0 N–H and O–H groups in total. The lowest BCUT2D eigenvalue weighted by Crippen LogP contribution is -2.13.